The molecule has 1 N–H and O–H groups in total. The number of piperidine rings is 1. The number of hydrogen-bond donors (Lipinski definition) is 1. The summed E-state index contributed by atoms with van der Waals surface area (Å²) >= 11 is 0. The van der Waals surface area contributed by atoms with Crippen LogP contribution >= 0.6 is 0 Å². The Morgan fingerprint density at radius 1 is 1.15 bits per heavy atom. The van der Waals surface area contributed by atoms with Crippen molar-refractivity contribution in [3.8, 4) is 17.0 Å². The van der Waals surface area contributed by atoms with Gasteiger partial charge in [0.25, 0.3) is 0 Å². The largest absolute Gasteiger partial charge is 0.497 e. The van der Waals surface area contributed by atoms with Gasteiger partial charge in [0, 0.05) is 54.6 Å². The molecular weight excluding hydrogens is 418 g/mol. The molecule has 0 aliphatic carbocycles. The van der Waals surface area contributed by atoms with E-state index in [0.29, 0.717) is 25.0 Å². The number of nitrogens with zero attached hydrogens (tertiary/aromatic N) is 5. The summed E-state index contributed by atoms with van der Waals surface area (Å²) in [5.41, 5.74) is 4.99. The molecule has 1 aliphatic rings. The van der Waals surface area contributed by atoms with Crippen molar-refractivity contribution in [1.29, 1.82) is 0 Å². The number of aromatic nitrogens is 4. The number of aliphatic hydroxyl groups is 1. The second-order valence-electron chi connectivity index (χ2n) is 9.03. The SMILES string of the molecule is COc1cccc(-c2cc(CC3(O)CCN(Cc4cnn5c(C)cc(C)nc45)CC3)on2)c1. The summed E-state index contributed by atoms with van der Waals surface area (Å²) in [4.78, 5) is 7.04. The molecule has 0 unspecified atom stereocenters. The van der Waals surface area contributed by atoms with Crippen molar-refractivity contribution in [1.82, 2.24) is 24.7 Å². The average molecular weight is 448 g/mol. The van der Waals surface area contributed by atoms with Crippen LogP contribution in [0.4, 0.5) is 0 Å². The predicted molar refractivity (Wildman–Crippen MR) is 124 cm³/mol. The van der Waals surface area contributed by atoms with E-state index in [1.54, 1.807) is 7.11 Å². The van der Waals surface area contributed by atoms with Gasteiger partial charge in [0.2, 0.25) is 0 Å². The van der Waals surface area contributed by atoms with Crippen LogP contribution in [0.1, 0.15) is 35.6 Å². The molecule has 1 fully saturated rings. The van der Waals surface area contributed by atoms with Gasteiger partial charge in [-0.1, -0.05) is 17.3 Å². The third kappa shape index (κ3) is 4.49. The Morgan fingerprint density at radius 2 is 1.97 bits per heavy atom. The van der Waals surface area contributed by atoms with Crippen LogP contribution in [0.5, 0.6) is 5.75 Å². The standard InChI is InChI=1S/C25H29N5O3/c1-17-11-18(2)30-24(27-17)20(15-26-30)16-29-9-7-25(31,8-10-29)14-22-13-23(28-33-22)19-5-4-6-21(12-19)32-3/h4-6,11-13,15,31H,7-10,14,16H2,1-3H3. The zero-order chi connectivity index (χ0) is 23.0. The van der Waals surface area contributed by atoms with E-state index in [-0.39, 0.29) is 0 Å². The first-order chi connectivity index (χ1) is 15.9. The van der Waals surface area contributed by atoms with Crippen molar-refractivity contribution in [2.45, 2.75) is 45.3 Å². The molecule has 33 heavy (non-hydrogen) atoms. The highest BCUT2D eigenvalue weighted by Gasteiger charge is 2.34. The molecule has 0 radical (unpaired) electrons. The molecule has 0 atom stereocenters. The van der Waals surface area contributed by atoms with Gasteiger partial charge in [-0.15, -0.1) is 0 Å². The van der Waals surface area contributed by atoms with E-state index in [4.69, 9.17) is 9.26 Å². The summed E-state index contributed by atoms with van der Waals surface area (Å²) in [7, 11) is 1.64. The number of methoxy groups -OCH3 is 1. The molecule has 1 aliphatic heterocycles. The fraction of sp³-hybridized carbons (Fsp3) is 0.400. The van der Waals surface area contributed by atoms with Crippen molar-refractivity contribution in [3.63, 3.8) is 0 Å². The van der Waals surface area contributed by atoms with Crippen LogP contribution in [0.2, 0.25) is 0 Å². The van der Waals surface area contributed by atoms with Gasteiger partial charge in [-0.2, -0.15) is 5.10 Å². The predicted octanol–water partition coefficient (Wildman–Crippen LogP) is 3.58. The smallest absolute Gasteiger partial charge is 0.159 e. The lowest BCUT2D eigenvalue weighted by atomic mass is 9.87. The molecule has 1 saturated heterocycles. The van der Waals surface area contributed by atoms with E-state index in [1.165, 1.54) is 0 Å². The third-order valence-corrected chi connectivity index (χ3v) is 6.46. The fourth-order valence-corrected chi connectivity index (χ4v) is 4.61. The van der Waals surface area contributed by atoms with Gasteiger partial charge in [-0.3, -0.25) is 4.90 Å². The number of rotatable bonds is 6. The molecule has 0 saturated carbocycles. The van der Waals surface area contributed by atoms with Gasteiger partial charge in [0.05, 0.1) is 18.9 Å². The highest BCUT2D eigenvalue weighted by molar-refractivity contribution is 5.61. The zero-order valence-electron chi connectivity index (χ0n) is 19.3. The van der Waals surface area contributed by atoms with E-state index in [1.807, 2.05) is 61.0 Å². The van der Waals surface area contributed by atoms with Crippen molar-refractivity contribution >= 4 is 5.65 Å². The lowest BCUT2D eigenvalue weighted by Gasteiger charge is -2.37. The van der Waals surface area contributed by atoms with Gasteiger partial charge >= 0.3 is 0 Å². The normalized spacial score (nSPS) is 16.4. The lowest BCUT2D eigenvalue weighted by Crippen LogP contribution is -2.45. The van der Waals surface area contributed by atoms with Crippen LogP contribution in [0, 0.1) is 13.8 Å². The summed E-state index contributed by atoms with van der Waals surface area (Å²) in [6.45, 7) is 6.43. The quantitative estimate of drug-likeness (QED) is 0.483. The Morgan fingerprint density at radius 3 is 2.76 bits per heavy atom. The van der Waals surface area contributed by atoms with E-state index in [9.17, 15) is 5.11 Å². The first-order valence-electron chi connectivity index (χ1n) is 11.3. The average Bonchev–Trinajstić information content (AvgIpc) is 3.43. The maximum Gasteiger partial charge on any atom is 0.159 e. The molecule has 4 aromatic rings. The van der Waals surface area contributed by atoms with Gasteiger partial charge in [0.15, 0.2) is 5.65 Å². The minimum atomic E-state index is -0.797. The summed E-state index contributed by atoms with van der Waals surface area (Å²) in [5.74, 6) is 1.47. The number of hydrogen-bond acceptors (Lipinski definition) is 7. The molecule has 172 valence electrons. The van der Waals surface area contributed by atoms with Crippen LogP contribution < -0.4 is 4.74 Å². The van der Waals surface area contributed by atoms with Crippen molar-refractivity contribution < 1.29 is 14.4 Å². The van der Waals surface area contributed by atoms with E-state index < -0.39 is 5.60 Å². The molecular formula is C25H29N5O3. The number of benzene rings is 1. The first-order valence-corrected chi connectivity index (χ1v) is 11.3. The van der Waals surface area contributed by atoms with E-state index >= 15 is 0 Å². The Bertz CT molecular complexity index is 1270. The van der Waals surface area contributed by atoms with Gasteiger partial charge in [-0.25, -0.2) is 9.50 Å². The number of aryl methyl sites for hydroxylation is 2. The Labute approximate surface area is 192 Å². The van der Waals surface area contributed by atoms with Crippen molar-refractivity contribution in [2.24, 2.45) is 0 Å². The third-order valence-electron chi connectivity index (χ3n) is 6.46. The van der Waals surface area contributed by atoms with Gasteiger partial charge in [0.1, 0.15) is 17.2 Å². The Balaban J connectivity index is 1.22. The maximum absolute atomic E-state index is 11.2. The van der Waals surface area contributed by atoms with Crippen LogP contribution in [0.25, 0.3) is 16.9 Å². The topological polar surface area (TPSA) is 88.9 Å². The molecule has 8 heteroatoms. The highest BCUT2D eigenvalue weighted by atomic mass is 16.5. The van der Waals surface area contributed by atoms with Crippen molar-refractivity contribution in [3.05, 3.63) is 65.3 Å². The van der Waals surface area contributed by atoms with Crippen molar-refractivity contribution in [2.75, 3.05) is 20.2 Å². The summed E-state index contributed by atoms with van der Waals surface area (Å²) < 4.78 is 12.7. The molecule has 3 aromatic heterocycles. The summed E-state index contributed by atoms with van der Waals surface area (Å²) in [6.07, 6.45) is 3.71. The van der Waals surface area contributed by atoms with Crippen LogP contribution in [0.15, 0.2) is 47.1 Å². The molecule has 1 aromatic carbocycles. The van der Waals surface area contributed by atoms with Gasteiger partial charge < -0.3 is 14.4 Å². The number of likely N-dealkylation sites (tertiary alicyclic amines) is 1. The van der Waals surface area contributed by atoms with Crippen LogP contribution in [0.3, 0.4) is 0 Å². The lowest BCUT2D eigenvalue weighted by molar-refractivity contribution is -0.0264. The first kappa shape index (κ1) is 21.6. The van der Waals surface area contributed by atoms with E-state index in [2.05, 4.69) is 20.1 Å². The summed E-state index contributed by atoms with van der Waals surface area (Å²) in [5, 5.41) is 19.9. The highest BCUT2D eigenvalue weighted by Crippen LogP contribution is 2.30. The minimum Gasteiger partial charge on any atom is -0.497 e. The molecule has 0 amide bonds. The molecule has 0 bridgehead atoms. The summed E-state index contributed by atoms with van der Waals surface area (Å²) in [6, 6.07) is 11.7. The zero-order valence-corrected chi connectivity index (χ0v) is 19.3. The fourth-order valence-electron chi connectivity index (χ4n) is 4.61. The Hall–Kier alpha value is -3.23. The Kier molecular flexibility index (Phi) is 5.64. The molecule has 5 rings (SSSR count). The maximum atomic E-state index is 11.2. The van der Waals surface area contributed by atoms with Crippen LogP contribution in [-0.2, 0) is 13.0 Å². The monoisotopic (exact) mass is 447 g/mol. The second-order valence-corrected chi connectivity index (χ2v) is 9.03. The molecule has 4 heterocycles. The van der Waals surface area contributed by atoms with Crippen LogP contribution in [-0.4, -0.2) is 55.6 Å². The second kappa shape index (κ2) is 8.61. The van der Waals surface area contributed by atoms with Gasteiger partial charge in [-0.05, 0) is 44.9 Å². The van der Waals surface area contributed by atoms with E-state index in [0.717, 1.165) is 59.2 Å². The number of fused-ring (bicyclic) bond motifs is 1. The molecule has 8 nitrogen and oxygen atoms in total. The number of ether oxygens (including phenoxy) is 1. The minimum absolute atomic E-state index is 0.453. The molecule has 0 spiro atoms.